The number of carbonyl (C=O) groups is 2. The molecule has 0 aliphatic carbocycles. The van der Waals surface area contributed by atoms with Gasteiger partial charge in [-0.15, -0.1) is 0 Å². The van der Waals surface area contributed by atoms with Crippen LogP contribution in [0.2, 0.25) is 0 Å². The number of methoxy groups -OCH3 is 1. The van der Waals surface area contributed by atoms with Crippen molar-refractivity contribution >= 4 is 11.9 Å². The molecule has 0 aromatic heterocycles. The molecule has 0 N–H and O–H groups in total. The highest BCUT2D eigenvalue weighted by Gasteiger charge is 2.07. The Labute approximate surface area is 125 Å². The van der Waals surface area contributed by atoms with Crippen molar-refractivity contribution < 1.29 is 19.1 Å². The normalized spacial score (nSPS) is 11.5. The van der Waals surface area contributed by atoms with E-state index in [9.17, 15) is 9.59 Å². The molecular formula is C17H20O4. The third kappa shape index (κ3) is 5.65. The summed E-state index contributed by atoms with van der Waals surface area (Å²) in [6.45, 7) is 3.83. The number of hydrogen-bond donors (Lipinski definition) is 0. The maximum Gasteiger partial charge on any atom is 0.338 e. The molecule has 0 aliphatic heterocycles. The van der Waals surface area contributed by atoms with E-state index in [1.54, 1.807) is 25.2 Å². The van der Waals surface area contributed by atoms with Crippen LogP contribution in [0.15, 0.2) is 48.1 Å². The van der Waals surface area contributed by atoms with Crippen LogP contribution in [0.5, 0.6) is 0 Å². The van der Waals surface area contributed by atoms with Gasteiger partial charge in [0.25, 0.3) is 0 Å². The summed E-state index contributed by atoms with van der Waals surface area (Å²) in [5.74, 6) is -0.632. The Kier molecular flexibility index (Phi) is 6.95. The van der Waals surface area contributed by atoms with E-state index in [4.69, 9.17) is 4.74 Å². The molecule has 0 radical (unpaired) electrons. The van der Waals surface area contributed by atoms with Crippen LogP contribution in [-0.2, 0) is 32.1 Å². The zero-order valence-corrected chi connectivity index (χ0v) is 12.6. The Bertz CT molecular complexity index is 538. The van der Waals surface area contributed by atoms with Crippen molar-refractivity contribution in [3.05, 3.63) is 59.2 Å². The molecule has 0 heterocycles. The highest BCUT2D eigenvalue weighted by Crippen LogP contribution is 2.09. The number of allylic oxidation sites excluding steroid dienone is 2. The van der Waals surface area contributed by atoms with Gasteiger partial charge in [-0.3, -0.25) is 4.79 Å². The van der Waals surface area contributed by atoms with Crippen molar-refractivity contribution in [1.29, 1.82) is 0 Å². The van der Waals surface area contributed by atoms with Gasteiger partial charge in [0.2, 0.25) is 0 Å². The van der Waals surface area contributed by atoms with Crippen molar-refractivity contribution in [3.63, 3.8) is 0 Å². The Balaban J connectivity index is 2.57. The van der Waals surface area contributed by atoms with Crippen molar-refractivity contribution in [2.24, 2.45) is 0 Å². The van der Waals surface area contributed by atoms with Gasteiger partial charge in [0.1, 0.15) is 6.61 Å². The lowest BCUT2D eigenvalue weighted by atomic mass is 10.1. The van der Waals surface area contributed by atoms with Gasteiger partial charge in [-0.05, 0) is 25.0 Å². The maximum atomic E-state index is 11.8. The predicted octanol–water partition coefficient (Wildman–Crippen LogP) is 2.97. The molecule has 0 spiro atoms. The lowest BCUT2D eigenvalue weighted by Crippen LogP contribution is -2.07. The molecule has 0 amide bonds. The van der Waals surface area contributed by atoms with Crippen LogP contribution >= 0.6 is 0 Å². The molecule has 0 bridgehead atoms. The fourth-order valence-corrected chi connectivity index (χ4v) is 1.69. The summed E-state index contributed by atoms with van der Waals surface area (Å²) in [7, 11) is 1.36. The Morgan fingerprint density at radius 3 is 2.24 bits per heavy atom. The standard InChI is InChI=1S/C17H20O4/c1-4-6-15(5-2)17(19)21-12-14-9-7-13(8-10-14)11-16(18)20-3/h4-10H,11-12H2,1-3H3/b6-4-,15-5+. The first-order valence-electron chi connectivity index (χ1n) is 6.71. The zero-order chi connectivity index (χ0) is 15.7. The van der Waals surface area contributed by atoms with Crippen molar-refractivity contribution in [2.45, 2.75) is 26.9 Å². The van der Waals surface area contributed by atoms with E-state index in [1.807, 2.05) is 31.2 Å². The summed E-state index contributed by atoms with van der Waals surface area (Å²) in [6, 6.07) is 7.30. The molecule has 4 nitrogen and oxygen atoms in total. The van der Waals surface area contributed by atoms with E-state index < -0.39 is 0 Å². The quantitative estimate of drug-likeness (QED) is 0.459. The van der Waals surface area contributed by atoms with E-state index in [2.05, 4.69) is 4.74 Å². The van der Waals surface area contributed by atoms with E-state index in [1.165, 1.54) is 7.11 Å². The number of ether oxygens (including phenoxy) is 2. The summed E-state index contributed by atoms with van der Waals surface area (Å²) in [5.41, 5.74) is 2.26. The van der Waals surface area contributed by atoms with Gasteiger partial charge in [0.05, 0.1) is 19.1 Å². The van der Waals surface area contributed by atoms with Gasteiger partial charge >= 0.3 is 11.9 Å². The average molecular weight is 288 g/mol. The van der Waals surface area contributed by atoms with E-state index in [0.29, 0.717) is 5.57 Å². The van der Waals surface area contributed by atoms with Crippen LogP contribution in [0.25, 0.3) is 0 Å². The predicted molar refractivity (Wildman–Crippen MR) is 80.5 cm³/mol. The topological polar surface area (TPSA) is 52.6 Å². The maximum absolute atomic E-state index is 11.8. The third-order valence-corrected chi connectivity index (χ3v) is 2.86. The fraction of sp³-hybridized carbons (Fsp3) is 0.294. The molecule has 0 fully saturated rings. The first-order chi connectivity index (χ1) is 10.1. The Morgan fingerprint density at radius 2 is 1.71 bits per heavy atom. The highest BCUT2D eigenvalue weighted by molar-refractivity contribution is 5.91. The SMILES string of the molecule is C/C=C\C(=C/C)C(=O)OCc1ccc(CC(=O)OC)cc1. The average Bonchev–Trinajstić information content (AvgIpc) is 2.51. The molecule has 4 heteroatoms. The van der Waals surface area contributed by atoms with Crippen LogP contribution in [0, 0.1) is 0 Å². The molecule has 1 aromatic carbocycles. The van der Waals surface area contributed by atoms with Crippen molar-refractivity contribution in [3.8, 4) is 0 Å². The largest absolute Gasteiger partial charge is 0.469 e. The number of hydrogen-bond acceptors (Lipinski definition) is 4. The van der Waals surface area contributed by atoms with Gasteiger partial charge in [-0.25, -0.2) is 4.79 Å². The third-order valence-electron chi connectivity index (χ3n) is 2.86. The molecule has 1 aromatic rings. The smallest absolute Gasteiger partial charge is 0.338 e. The van der Waals surface area contributed by atoms with Gasteiger partial charge < -0.3 is 9.47 Å². The second kappa shape index (κ2) is 8.74. The highest BCUT2D eigenvalue weighted by atomic mass is 16.5. The Hall–Kier alpha value is -2.36. The minimum Gasteiger partial charge on any atom is -0.469 e. The van der Waals surface area contributed by atoms with Crippen LogP contribution in [-0.4, -0.2) is 19.0 Å². The number of carbonyl (C=O) groups excluding carboxylic acids is 2. The molecular weight excluding hydrogens is 268 g/mol. The van der Waals surface area contributed by atoms with Gasteiger partial charge in [0.15, 0.2) is 0 Å². The first-order valence-corrected chi connectivity index (χ1v) is 6.71. The summed E-state index contributed by atoms with van der Waals surface area (Å²) in [5, 5.41) is 0. The van der Waals surface area contributed by atoms with Crippen molar-refractivity contribution in [1.82, 2.24) is 0 Å². The molecule has 0 atom stereocenters. The van der Waals surface area contributed by atoms with Crippen LogP contribution in [0.4, 0.5) is 0 Å². The van der Waals surface area contributed by atoms with Gasteiger partial charge in [-0.1, -0.05) is 42.5 Å². The molecule has 0 unspecified atom stereocenters. The number of benzene rings is 1. The van der Waals surface area contributed by atoms with E-state index in [0.717, 1.165) is 11.1 Å². The lowest BCUT2D eigenvalue weighted by Gasteiger charge is -2.06. The summed E-state index contributed by atoms with van der Waals surface area (Å²) in [6.07, 6.45) is 5.45. The second-order valence-corrected chi connectivity index (χ2v) is 4.39. The Morgan fingerprint density at radius 1 is 1.10 bits per heavy atom. The summed E-state index contributed by atoms with van der Waals surface area (Å²) in [4.78, 5) is 22.9. The summed E-state index contributed by atoms with van der Waals surface area (Å²) >= 11 is 0. The van der Waals surface area contributed by atoms with Gasteiger partial charge in [0, 0.05) is 0 Å². The fourth-order valence-electron chi connectivity index (χ4n) is 1.69. The molecule has 0 saturated heterocycles. The van der Waals surface area contributed by atoms with Gasteiger partial charge in [-0.2, -0.15) is 0 Å². The minimum absolute atomic E-state index is 0.201. The summed E-state index contributed by atoms with van der Waals surface area (Å²) < 4.78 is 9.83. The molecule has 0 saturated carbocycles. The number of rotatable bonds is 6. The van der Waals surface area contributed by atoms with Crippen LogP contribution < -0.4 is 0 Å². The van der Waals surface area contributed by atoms with Crippen LogP contribution in [0.1, 0.15) is 25.0 Å². The van der Waals surface area contributed by atoms with Crippen LogP contribution in [0.3, 0.4) is 0 Å². The lowest BCUT2D eigenvalue weighted by molar-refractivity contribution is -0.140. The first kappa shape index (κ1) is 16.7. The molecule has 1 rings (SSSR count). The van der Waals surface area contributed by atoms with E-state index >= 15 is 0 Å². The molecule has 112 valence electrons. The monoisotopic (exact) mass is 288 g/mol. The second-order valence-electron chi connectivity index (χ2n) is 4.39. The van der Waals surface area contributed by atoms with E-state index in [-0.39, 0.29) is 25.0 Å². The number of esters is 2. The van der Waals surface area contributed by atoms with Crippen molar-refractivity contribution in [2.75, 3.05) is 7.11 Å². The molecule has 21 heavy (non-hydrogen) atoms. The zero-order valence-electron chi connectivity index (χ0n) is 12.6. The minimum atomic E-state index is -0.353. The molecule has 0 aliphatic rings.